The number of hydrogen-bond donors (Lipinski definition) is 1. The maximum atomic E-state index is 13.7. The van der Waals surface area contributed by atoms with E-state index < -0.39 is 23.4 Å². The molecule has 33 heavy (non-hydrogen) atoms. The van der Waals surface area contributed by atoms with Gasteiger partial charge in [0.15, 0.2) is 5.69 Å². The average Bonchev–Trinajstić information content (AvgIpc) is 3.24. The molecule has 1 aliphatic rings. The van der Waals surface area contributed by atoms with Crippen LogP contribution >= 0.6 is 0 Å². The Bertz CT molecular complexity index is 1020. The number of halogens is 3. The summed E-state index contributed by atoms with van der Waals surface area (Å²) < 4.78 is 46.3. The van der Waals surface area contributed by atoms with Gasteiger partial charge in [-0.25, -0.2) is 9.48 Å². The Morgan fingerprint density at radius 1 is 1.21 bits per heavy atom. The summed E-state index contributed by atoms with van der Waals surface area (Å²) >= 11 is 0. The number of carbonyl (C=O) groups excluding carboxylic acids is 3. The molecule has 0 spiro atoms. The van der Waals surface area contributed by atoms with Gasteiger partial charge >= 0.3 is 12.1 Å². The van der Waals surface area contributed by atoms with E-state index in [-0.39, 0.29) is 36.4 Å². The third kappa shape index (κ3) is 5.71. The van der Waals surface area contributed by atoms with E-state index in [1.807, 2.05) is 0 Å². The lowest BCUT2D eigenvalue weighted by atomic mass is 9.93. The van der Waals surface area contributed by atoms with Crippen molar-refractivity contribution in [2.45, 2.75) is 38.8 Å². The lowest BCUT2D eigenvalue weighted by Crippen LogP contribution is -2.40. The molecule has 3 rings (SSSR count). The van der Waals surface area contributed by atoms with Crippen LogP contribution in [0.3, 0.4) is 0 Å². The van der Waals surface area contributed by atoms with Gasteiger partial charge in [-0.3, -0.25) is 9.59 Å². The van der Waals surface area contributed by atoms with Crippen molar-refractivity contribution in [2.75, 3.05) is 19.7 Å². The Morgan fingerprint density at radius 3 is 2.52 bits per heavy atom. The van der Waals surface area contributed by atoms with Gasteiger partial charge in [0.25, 0.3) is 5.91 Å². The van der Waals surface area contributed by atoms with E-state index in [1.165, 1.54) is 31.2 Å². The standard InChI is InChI=1S/C22H25F3N4O4/c1-2-33-21(32)17-12-27-29(19(17)22(23,24)25)16-8-6-15(7-9-16)20(31)28-11-3-4-14(13-28)5-10-18(26)30/h6-9,12,14H,2-5,10-11,13H2,1H3,(H2,26,30)/t14-/m1/s1. The van der Waals surface area contributed by atoms with E-state index >= 15 is 0 Å². The van der Waals surface area contributed by atoms with Crippen molar-refractivity contribution in [1.82, 2.24) is 14.7 Å². The van der Waals surface area contributed by atoms with E-state index in [2.05, 4.69) is 5.10 Å². The normalized spacial score (nSPS) is 16.5. The number of piperidine rings is 1. The summed E-state index contributed by atoms with van der Waals surface area (Å²) in [6.45, 7) is 2.48. The van der Waals surface area contributed by atoms with Crippen molar-refractivity contribution >= 4 is 17.8 Å². The summed E-state index contributed by atoms with van der Waals surface area (Å²) in [5.41, 5.74) is 3.65. The fourth-order valence-corrected chi connectivity index (χ4v) is 3.93. The molecule has 1 fully saturated rings. The van der Waals surface area contributed by atoms with Crippen LogP contribution in [0.25, 0.3) is 5.69 Å². The van der Waals surface area contributed by atoms with Gasteiger partial charge in [-0.1, -0.05) is 0 Å². The minimum Gasteiger partial charge on any atom is -0.462 e. The van der Waals surface area contributed by atoms with Gasteiger partial charge in [0, 0.05) is 25.1 Å². The second kappa shape index (κ2) is 10.1. The molecule has 8 nitrogen and oxygen atoms in total. The molecule has 1 aromatic heterocycles. The van der Waals surface area contributed by atoms with E-state index in [9.17, 15) is 27.6 Å². The SMILES string of the molecule is CCOC(=O)c1cnn(-c2ccc(C(=O)N3CCC[C@H](CCC(N)=O)C3)cc2)c1C(F)(F)F. The van der Waals surface area contributed by atoms with Gasteiger partial charge in [-0.05, 0) is 56.4 Å². The summed E-state index contributed by atoms with van der Waals surface area (Å²) in [4.78, 5) is 37.5. The van der Waals surface area contributed by atoms with E-state index in [4.69, 9.17) is 10.5 Å². The molecular formula is C22H25F3N4O4. The van der Waals surface area contributed by atoms with Crippen LogP contribution in [-0.2, 0) is 15.7 Å². The first-order valence-corrected chi connectivity index (χ1v) is 10.6. The molecule has 0 radical (unpaired) electrons. The number of alkyl halides is 3. The first kappa shape index (κ1) is 24.3. The summed E-state index contributed by atoms with van der Waals surface area (Å²) in [5.74, 6) is -1.56. The summed E-state index contributed by atoms with van der Waals surface area (Å²) in [7, 11) is 0. The van der Waals surface area contributed by atoms with Crippen LogP contribution < -0.4 is 5.73 Å². The summed E-state index contributed by atoms with van der Waals surface area (Å²) in [6, 6.07) is 5.55. The number of nitrogens with two attached hydrogens (primary N) is 1. The molecule has 2 aromatic rings. The molecule has 2 N–H and O–H groups in total. The molecule has 2 amide bonds. The maximum Gasteiger partial charge on any atom is 0.434 e. The van der Waals surface area contributed by atoms with Crippen LogP contribution in [0.15, 0.2) is 30.5 Å². The highest BCUT2D eigenvalue weighted by Gasteiger charge is 2.41. The Labute approximate surface area is 188 Å². The van der Waals surface area contributed by atoms with Crippen LogP contribution in [0.2, 0.25) is 0 Å². The van der Waals surface area contributed by atoms with Crippen molar-refractivity contribution < 1.29 is 32.3 Å². The minimum atomic E-state index is -4.85. The van der Waals surface area contributed by atoms with Crippen LogP contribution in [0.4, 0.5) is 13.2 Å². The highest BCUT2D eigenvalue weighted by atomic mass is 19.4. The van der Waals surface area contributed by atoms with Crippen molar-refractivity contribution in [3.63, 3.8) is 0 Å². The fourth-order valence-electron chi connectivity index (χ4n) is 3.93. The molecule has 0 saturated carbocycles. The molecule has 0 unspecified atom stereocenters. The zero-order valence-corrected chi connectivity index (χ0v) is 18.1. The van der Waals surface area contributed by atoms with Gasteiger partial charge in [0.2, 0.25) is 5.91 Å². The Hall–Kier alpha value is -3.37. The molecule has 1 aromatic carbocycles. The van der Waals surface area contributed by atoms with E-state index in [0.29, 0.717) is 29.8 Å². The van der Waals surface area contributed by atoms with Crippen LogP contribution in [0.1, 0.15) is 59.0 Å². The predicted octanol–water partition coefficient (Wildman–Crippen LogP) is 3.19. The number of hydrogen-bond acceptors (Lipinski definition) is 5. The van der Waals surface area contributed by atoms with Crippen LogP contribution in [0.5, 0.6) is 0 Å². The number of likely N-dealkylation sites (tertiary alicyclic amines) is 1. The number of benzene rings is 1. The van der Waals surface area contributed by atoms with Gasteiger partial charge < -0.3 is 15.4 Å². The number of esters is 1. The highest BCUT2D eigenvalue weighted by molar-refractivity contribution is 5.94. The molecule has 11 heteroatoms. The molecule has 1 saturated heterocycles. The first-order valence-electron chi connectivity index (χ1n) is 10.6. The number of carbonyl (C=O) groups is 3. The number of primary amides is 1. The van der Waals surface area contributed by atoms with Crippen LogP contribution in [-0.4, -0.2) is 52.2 Å². The first-order chi connectivity index (χ1) is 15.6. The zero-order chi connectivity index (χ0) is 24.2. The summed E-state index contributed by atoms with van der Waals surface area (Å²) in [6.07, 6.45) is -1.45. The number of aromatic nitrogens is 2. The number of amides is 2. The quantitative estimate of drug-likeness (QED) is 0.631. The van der Waals surface area contributed by atoms with E-state index in [1.54, 1.807) is 4.90 Å². The lowest BCUT2D eigenvalue weighted by molar-refractivity contribution is -0.143. The highest BCUT2D eigenvalue weighted by Crippen LogP contribution is 2.34. The summed E-state index contributed by atoms with van der Waals surface area (Å²) in [5, 5.41) is 3.73. The topological polar surface area (TPSA) is 108 Å². The monoisotopic (exact) mass is 466 g/mol. The second-order valence-electron chi connectivity index (χ2n) is 7.85. The Balaban J connectivity index is 1.80. The second-order valence-corrected chi connectivity index (χ2v) is 7.85. The third-order valence-electron chi connectivity index (χ3n) is 5.50. The number of rotatable bonds is 7. The van der Waals surface area contributed by atoms with Gasteiger partial charge in [-0.15, -0.1) is 0 Å². The zero-order valence-electron chi connectivity index (χ0n) is 18.1. The molecule has 2 heterocycles. The van der Waals surface area contributed by atoms with Crippen molar-refractivity contribution in [2.24, 2.45) is 11.7 Å². The maximum absolute atomic E-state index is 13.7. The third-order valence-corrected chi connectivity index (χ3v) is 5.50. The Kier molecular flexibility index (Phi) is 7.39. The number of nitrogens with zero attached hydrogens (tertiary/aromatic N) is 3. The van der Waals surface area contributed by atoms with Crippen LogP contribution in [0, 0.1) is 5.92 Å². The predicted molar refractivity (Wildman–Crippen MR) is 112 cm³/mol. The van der Waals surface area contributed by atoms with Gasteiger partial charge in [0.05, 0.1) is 18.5 Å². The van der Waals surface area contributed by atoms with Gasteiger partial charge in [0.1, 0.15) is 5.56 Å². The fraction of sp³-hybridized carbons (Fsp3) is 0.455. The average molecular weight is 466 g/mol. The molecular weight excluding hydrogens is 441 g/mol. The van der Waals surface area contributed by atoms with E-state index in [0.717, 1.165) is 19.0 Å². The van der Waals surface area contributed by atoms with Gasteiger partial charge in [-0.2, -0.15) is 18.3 Å². The number of ether oxygens (including phenoxy) is 1. The molecule has 0 aliphatic carbocycles. The van der Waals surface area contributed by atoms with Crippen molar-refractivity contribution in [3.05, 3.63) is 47.3 Å². The lowest BCUT2D eigenvalue weighted by Gasteiger charge is -2.32. The molecule has 1 aliphatic heterocycles. The van der Waals surface area contributed by atoms with Crippen molar-refractivity contribution in [1.29, 1.82) is 0 Å². The van der Waals surface area contributed by atoms with Crippen molar-refractivity contribution in [3.8, 4) is 5.69 Å². The largest absolute Gasteiger partial charge is 0.462 e. The molecule has 0 bridgehead atoms. The Morgan fingerprint density at radius 2 is 1.91 bits per heavy atom. The molecule has 1 atom stereocenters. The smallest absolute Gasteiger partial charge is 0.434 e. The molecule has 178 valence electrons. The minimum absolute atomic E-state index is 0.0485.